The van der Waals surface area contributed by atoms with Crippen LogP contribution in [0.4, 0.5) is 0 Å². The van der Waals surface area contributed by atoms with E-state index in [9.17, 15) is 4.79 Å². The van der Waals surface area contributed by atoms with E-state index in [2.05, 4.69) is 45.4 Å². The molecule has 10 nitrogen and oxygen atoms in total. The van der Waals surface area contributed by atoms with Crippen molar-refractivity contribution < 1.29 is 29.1 Å². The average molecular weight is 471 g/mol. The highest BCUT2D eigenvalue weighted by atomic mass is 16.5. The zero-order valence-electron chi connectivity index (χ0n) is 19.0. The van der Waals surface area contributed by atoms with Gasteiger partial charge in [-0.15, -0.1) is 0 Å². The van der Waals surface area contributed by atoms with E-state index in [4.69, 9.17) is 24.3 Å². The van der Waals surface area contributed by atoms with Crippen molar-refractivity contribution in [2.45, 2.75) is 43.9 Å². The van der Waals surface area contributed by atoms with Gasteiger partial charge >= 0.3 is 11.9 Å². The summed E-state index contributed by atoms with van der Waals surface area (Å²) in [6.45, 7) is 4.00. The number of benzene rings is 1. The number of piperidine rings is 1. The molecule has 3 aliphatic rings. The van der Waals surface area contributed by atoms with Crippen molar-refractivity contribution in [3.8, 4) is 0 Å². The quantitative estimate of drug-likeness (QED) is 0.607. The van der Waals surface area contributed by atoms with E-state index in [0.717, 1.165) is 57.2 Å². The van der Waals surface area contributed by atoms with Crippen LogP contribution in [0.2, 0.25) is 0 Å². The van der Waals surface area contributed by atoms with Crippen LogP contribution in [-0.2, 0) is 20.8 Å². The minimum atomic E-state index is -1.82. The standard InChI is InChI=1S/C22H28N4O2.C2H2O4/c27-20(26-10-8-17(9-11-26)12-16-4-2-1-3-5-16)15-25-13-19(14-25)22-23-21(24-28-22)18-6-7-18;3-1(4)2(5)6/h1-5,17-19H,6-15H2;(H,3,4)(H,5,6). The number of rotatable bonds is 6. The van der Waals surface area contributed by atoms with Gasteiger partial charge in [0.2, 0.25) is 11.8 Å². The third-order valence-corrected chi connectivity index (χ3v) is 6.58. The molecule has 2 N–H and O–H groups in total. The molecule has 3 heterocycles. The van der Waals surface area contributed by atoms with Gasteiger partial charge in [-0.2, -0.15) is 4.98 Å². The highest BCUT2D eigenvalue weighted by molar-refractivity contribution is 6.27. The number of carbonyl (C=O) groups excluding carboxylic acids is 1. The summed E-state index contributed by atoms with van der Waals surface area (Å²) in [5, 5.41) is 18.9. The summed E-state index contributed by atoms with van der Waals surface area (Å²) in [5.74, 6) is -0.233. The maximum absolute atomic E-state index is 12.6. The second kappa shape index (κ2) is 10.8. The molecule has 1 amide bonds. The summed E-state index contributed by atoms with van der Waals surface area (Å²) in [7, 11) is 0. The Kier molecular flexibility index (Phi) is 7.56. The molecule has 0 unspecified atom stereocenters. The number of aliphatic carboxylic acids is 2. The lowest BCUT2D eigenvalue weighted by Gasteiger charge is -2.39. The van der Waals surface area contributed by atoms with Crippen molar-refractivity contribution in [1.82, 2.24) is 19.9 Å². The van der Waals surface area contributed by atoms with E-state index in [1.807, 2.05) is 4.90 Å². The van der Waals surface area contributed by atoms with E-state index in [1.54, 1.807) is 0 Å². The minimum absolute atomic E-state index is 0.265. The second-order valence-corrected chi connectivity index (χ2v) is 9.28. The zero-order chi connectivity index (χ0) is 24.1. The first kappa shape index (κ1) is 23.9. The van der Waals surface area contributed by atoms with E-state index >= 15 is 0 Å². The molecule has 3 fully saturated rings. The Labute approximate surface area is 197 Å². The van der Waals surface area contributed by atoms with Crippen LogP contribution in [0.25, 0.3) is 0 Å². The molecule has 1 saturated carbocycles. The van der Waals surface area contributed by atoms with Crippen LogP contribution >= 0.6 is 0 Å². The van der Waals surface area contributed by atoms with Crippen LogP contribution in [0.3, 0.4) is 0 Å². The van der Waals surface area contributed by atoms with Crippen LogP contribution < -0.4 is 0 Å². The molecule has 0 spiro atoms. The number of carboxylic acid groups (broad SMARTS) is 2. The monoisotopic (exact) mass is 470 g/mol. The fourth-order valence-corrected chi connectivity index (χ4v) is 4.40. The number of nitrogens with zero attached hydrogens (tertiary/aromatic N) is 4. The van der Waals surface area contributed by atoms with Crippen LogP contribution in [0.15, 0.2) is 34.9 Å². The Balaban J connectivity index is 0.000000408. The molecule has 0 bridgehead atoms. The normalized spacial score (nSPS) is 19.1. The molecule has 2 aromatic rings. The molecule has 1 aliphatic carbocycles. The molecule has 2 aliphatic heterocycles. The lowest BCUT2D eigenvalue weighted by molar-refractivity contribution is -0.159. The van der Waals surface area contributed by atoms with Gasteiger partial charge in [0, 0.05) is 32.1 Å². The number of hydrogen-bond donors (Lipinski definition) is 2. The molecular formula is C24H30N4O6. The summed E-state index contributed by atoms with van der Waals surface area (Å²) in [4.78, 5) is 39.6. The molecule has 10 heteroatoms. The smallest absolute Gasteiger partial charge is 0.414 e. The zero-order valence-corrected chi connectivity index (χ0v) is 19.0. The number of carboxylic acids is 2. The van der Waals surface area contributed by atoms with Gasteiger partial charge in [0.25, 0.3) is 0 Å². The highest BCUT2D eigenvalue weighted by Crippen LogP contribution is 2.39. The topological polar surface area (TPSA) is 137 Å². The molecule has 0 radical (unpaired) electrons. The highest BCUT2D eigenvalue weighted by Gasteiger charge is 2.36. The lowest BCUT2D eigenvalue weighted by atomic mass is 9.90. The molecule has 5 rings (SSSR count). The van der Waals surface area contributed by atoms with Crippen LogP contribution in [0, 0.1) is 5.92 Å². The van der Waals surface area contributed by atoms with E-state index in [0.29, 0.717) is 24.3 Å². The van der Waals surface area contributed by atoms with E-state index in [-0.39, 0.29) is 5.91 Å². The molecule has 2 saturated heterocycles. The van der Waals surface area contributed by atoms with Gasteiger partial charge in [-0.3, -0.25) is 9.69 Å². The lowest BCUT2D eigenvalue weighted by Crippen LogP contribution is -2.51. The van der Waals surface area contributed by atoms with Crippen LogP contribution in [0.5, 0.6) is 0 Å². The third kappa shape index (κ3) is 6.40. The van der Waals surface area contributed by atoms with Crippen LogP contribution in [0.1, 0.15) is 54.8 Å². The molecule has 1 aromatic heterocycles. The number of aromatic nitrogens is 2. The number of likely N-dealkylation sites (tertiary alicyclic amines) is 2. The average Bonchev–Trinajstić information content (AvgIpc) is 3.55. The number of amides is 1. The molecular weight excluding hydrogens is 440 g/mol. The van der Waals surface area contributed by atoms with Crippen molar-refractivity contribution in [1.29, 1.82) is 0 Å². The largest absolute Gasteiger partial charge is 0.473 e. The van der Waals surface area contributed by atoms with Gasteiger partial charge in [0.1, 0.15) is 0 Å². The Bertz CT molecular complexity index is 980. The second-order valence-electron chi connectivity index (χ2n) is 9.28. The van der Waals surface area contributed by atoms with E-state index in [1.165, 1.54) is 18.4 Å². The SMILES string of the molecule is O=C(CN1CC(c2nc(C3CC3)no2)C1)N1CCC(Cc2ccccc2)CC1.O=C(O)C(=O)O. The predicted octanol–water partition coefficient (Wildman–Crippen LogP) is 1.98. The Morgan fingerprint density at radius 1 is 0.941 bits per heavy atom. The van der Waals surface area contributed by atoms with Gasteiger partial charge in [-0.1, -0.05) is 35.5 Å². The van der Waals surface area contributed by atoms with Gasteiger partial charge in [-0.05, 0) is 43.6 Å². The molecule has 0 atom stereocenters. The first-order valence-corrected chi connectivity index (χ1v) is 11.7. The Hall–Kier alpha value is -3.27. The fraction of sp³-hybridized carbons (Fsp3) is 0.542. The van der Waals surface area contributed by atoms with Gasteiger partial charge in [0.15, 0.2) is 5.82 Å². The summed E-state index contributed by atoms with van der Waals surface area (Å²) < 4.78 is 5.42. The Morgan fingerprint density at radius 3 is 2.18 bits per heavy atom. The number of hydrogen-bond acceptors (Lipinski definition) is 7. The van der Waals surface area contributed by atoms with E-state index < -0.39 is 11.9 Å². The van der Waals surface area contributed by atoms with Crippen molar-refractivity contribution >= 4 is 17.8 Å². The van der Waals surface area contributed by atoms with Crippen molar-refractivity contribution in [3.63, 3.8) is 0 Å². The summed E-state index contributed by atoms with van der Waals surface area (Å²) in [6.07, 6.45) is 5.71. The molecule has 182 valence electrons. The maximum atomic E-state index is 12.6. The van der Waals surface area contributed by atoms with Crippen molar-refractivity contribution in [3.05, 3.63) is 47.6 Å². The maximum Gasteiger partial charge on any atom is 0.414 e. The first-order chi connectivity index (χ1) is 16.4. The predicted molar refractivity (Wildman–Crippen MR) is 120 cm³/mol. The Morgan fingerprint density at radius 2 is 1.59 bits per heavy atom. The van der Waals surface area contributed by atoms with Crippen molar-refractivity contribution in [2.75, 3.05) is 32.7 Å². The van der Waals surface area contributed by atoms with Crippen LogP contribution in [-0.4, -0.2) is 80.7 Å². The fourth-order valence-electron chi connectivity index (χ4n) is 4.40. The summed E-state index contributed by atoms with van der Waals surface area (Å²) in [6, 6.07) is 10.7. The third-order valence-electron chi connectivity index (χ3n) is 6.58. The van der Waals surface area contributed by atoms with Crippen molar-refractivity contribution in [2.24, 2.45) is 5.92 Å². The molecule has 1 aromatic carbocycles. The minimum Gasteiger partial charge on any atom is -0.473 e. The molecule has 34 heavy (non-hydrogen) atoms. The number of carbonyl (C=O) groups is 3. The van der Waals surface area contributed by atoms with Gasteiger partial charge < -0.3 is 19.6 Å². The summed E-state index contributed by atoms with van der Waals surface area (Å²) >= 11 is 0. The van der Waals surface area contributed by atoms with Gasteiger partial charge in [-0.25, -0.2) is 9.59 Å². The first-order valence-electron chi connectivity index (χ1n) is 11.7. The van der Waals surface area contributed by atoms with Gasteiger partial charge in [0.05, 0.1) is 12.5 Å². The summed E-state index contributed by atoms with van der Waals surface area (Å²) in [5.41, 5.74) is 1.41.